The number of ether oxygens (including phenoxy) is 2. The van der Waals surface area contributed by atoms with Crippen LogP contribution in [0.15, 0.2) is 48.5 Å². The Bertz CT molecular complexity index is 1110. The molecule has 0 radical (unpaired) electrons. The third kappa shape index (κ3) is 4.69. The maximum Gasteiger partial charge on any atom is 0.309 e. The number of carbonyl (C=O) groups excluding carboxylic acids is 1. The van der Waals surface area contributed by atoms with Crippen LogP contribution in [0.4, 0.5) is 10.2 Å². The van der Waals surface area contributed by atoms with Gasteiger partial charge >= 0.3 is 5.97 Å². The summed E-state index contributed by atoms with van der Waals surface area (Å²) in [6, 6.07) is 15.0. The van der Waals surface area contributed by atoms with Crippen molar-refractivity contribution in [2.24, 2.45) is 5.92 Å². The van der Waals surface area contributed by atoms with Crippen molar-refractivity contribution in [3.05, 3.63) is 54.3 Å². The summed E-state index contributed by atoms with van der Waals surface area (Å²) in [5.41, 5.74) is 2.46. The van der Waals surface area contributed by atoms with E-state index in [4.69, 9.17) is 14.5 Å². The summed E-state index contributed by atoms with van der Waals surface area (Å²) in [5, 5.41) is 0.996. The minimum Gasteiger partial charge on any atom is -0.488 e. The van der Waals surface area contributed by atoms with Crippen LogP contribution >= 0.6 is 0 Å². The number of fused-ring (bicyclic) bond motifs is 1. The molecule has 1 aliphatic heterocycles. The third-order valence-corrected chi connectivity index (χ3v) is 5.75. The number of aromatic nitrogens is 1. The van der Waals surface area contributed by atoms with Crippen LogP contribution in [-0.2, 0) is 9.53 Å². The van der Waals surface area contributed by atoms with Gasteiger partial charge in [-0.3, -0.25) is 4.79 Å². The number of anilines is 1. The predicted molar refractivity (Wildman–Crippen MR) is 124 cm³/mol. The normalized spacial score (nSPS) is 14.7. The smallest absolute Gasteiger partial charge is 0.309 e. The Labute approximate surface area is 188 Å². The molecule has 0 saturated carbocycles. The van der Waals surface area contributed by atoms with E-state index in [1.54, 1.807) is 6.07 Å². The van der Waals surface area contributed by atoms with Gasteiger partial charge in [-0.1, -0.05) is 24.3 Å². The molecule has 0 aliphatic carbocycles. The second-order valence-electron chi connectivity index (χ2n) is 8.37. The molecule has 1 fully saturated rings. The molecule has 32 heavy (non-hydrogen) atoms. The van der Waals surface area contributed by atoms with Crippen molar-refractivity contribution < 1.29 is 18.7 Å². The first-order valence-electron chi connectivity index (χ1n) is 11.2. The van der Waals surface area contributed by atoms with Crippen molar-refractivity contribution in [3.63, 3.8) is 0 Å². The highest BCUT2D eigenvalue weighted by Gasteiger charge is 2.26. The van der Waals surface area contributed by atoms with E-state index >= 15 is 0 Å². The van der Waals surface area contributed by atoms with E-state index in [0.717, 1.165) is 53.8 Å². The van der Waals surface area contributed by atoms with E-state index in [9.17, 15) is 9.18 Å². The molecule has 1 saturated heterocycles. The van der Waals surface area contributed by atoms with E-state index in [2.05, 4.69) is 4.90 Å². The van der Waals surface area contributed by atoms with Gasteiger partial charge in [0.05, 0.1) is 24.1 Å². The van der Waals surface area contributed by atoms with Gasteiger partial charge in [0.25, 0.3) is 0 Å². The standard InChI is InChI=1S/C26H29FN2O3/c1-4-31-26(30)19-12-14-29(15-13-19)24-11-9-18-6-5-7-21(25(18)28-24)20-8-10-23(22(27)16-20)32-17(2)3/h5-11,16-17,19H,4,12-15H2,1-3H3. The third-order valence-electron chi connectivity index (χ3n) is 5.75. The fraction of sp³-hybridized carbons (Fsp3) is 0.385. The number of hydrogen-bond acceptors (Lipinski definition) is 5. The number of carbonyl (C=O) groups is 1. The van der Waals surface area contributed by atoms with Crippen molar-refractivity contribution >= 4 is 22.7 Å². The van der Waals surface area contributed by atoms with Crippen LogP contribution in [0.3, 0.4) is 0 Å². The van der Waals surface area contributed by atoms with Crippen molar-refractivity contribution in [1.29, 1.82) is 0 Å². The molecule has 6 heteroatoms. The lowest BCUT2D eigenvalue weighted by Gasteiger charge is -2.31. The molecule has 2 aromatic carbocycles. The highest BCUT2D eigenvalue weighted by molar-refractivity contribution is 5.94. The Balaban J connectivity index is 1.61. The Morgan fingerprint density at radius 1 is 1.16 bits per heavy atom. The first-order valence-corrected chi connectivity index (χ1v) is 11.2. The number of benzene rings is 2. The first-order chi connectivity index (χ1) is 15.5. The van der Waals surface area contributed by atoms with Crippen LogP contribution in [0.25, 0.3) is 22.0 Å². The molecule has 0 bridgehead atoms. The van der Waals surface area contributed by atoms with Crippen molar-refractivity contribution in [1.82, 2.24) is 4.98 Å². The molecule has 0 N–H and O–H groups in total. The Morgan fingerprint density at radius 3 is 2.62 bits per heavy atom. The Kier molecular flexibility index (Phi) is 6.58. The van der Waals surface area contributed by atoms with Gasteiger partial charge < -0.3 is 14.4 Å². The minimum absolute atomic E-state index is 0.0447. The molecule has 1 aromatic heterocycles. The number of hydrogen-bond donors (Lipinski definition) is 0. The highest BCUT2D eigenvalue weighted by Crippen LogP contribution is 2.32. The lowest BCUT2D eigenvalue weighted by Crippen LogP contribution is -2.37. The lowest BCUT2D eigenvalue weighted by atomic mass is 9.97. The van der Waals surface area contributed by atoms with Crippen LogP contribution in [0, 0.1) is 11.7 Å². The molecular formula is C26H29FN2O3. The molecule has 2 heterocycles. The van der Waals surface area contributed by atoms with Gasteiger partial charge in [-0.25, -0.2) is 9.37 Å². The summed E-state index contributed by atoms with van der Waals surface area (Å²) in [6.07, 6.45) is 1.41. The average Bonchev–Trinajstić information content (AvgIpc) is 2.79. The Hall–Kier alpha value is -3.15. The summed E-state index contributed by atoms with van der Waals surface area (Å²) in [4.78, 5) is 19.2. The molecule has 5 nitrogen and oxygen atoms in total. The van der Waals surface area contributed by atoms with E-state index < -0.39 is 0 Å². The molecule has 0 spiro atoms. The van der Waals surface area contributed by atoms with Gasteiger partial charge in [0.2, 0.25) is 0 Å². The fourth-order valence-corrected chi connectivity index (χ4v) is 4.17. The van der Waals surface area contributed by atoms with Crippen LogP contribution in [-0.4, -0.2) is 36.8 Å². The fourth-order valence-electron chi connectivity index (χ4n) is 4.17. The average molecular weight is 437 g/mol. The summed E-state index contributed by atoms with van der Waals surface area (Å²) in [7, 11) is 0. The van der Waals surface area contributed by atoms with E-state index in [0.29, 0.717) is 6.61 Å². The number of halogens is 1. The van der Waals surface area contributed by atoms with Crippen LogP contribution in [0.5, 0.6) is 5.75 Å². The summed E-state index contributed by atoms with van der Waals surface area (Å²) in [6.45, 7) is 7.50. The number of pyridine rings is 1. The summed E-state index contributed by atoms with van der Waals surface area (Å²) in [5.74, 6) is 0.588. The number of rotatable bonds is 6. The lowest BCUT2D eigenvalue weighted by molar-refractivity contribution is -0.148. The van der Waals surface area contributed by atoms with E-state index in [1.807, 2.05) is 57.2 Å². The molecule has 168 valence electrons. The maximum absolute atomic E-state index is 14.6. The molecule has 3 aromatic rings. The minimum atomic E-state index is -0.384. The first kappa shape index (κ1) is 22.1. The largest absolute Gasteiger partial charge is 0.488 e. The quantitative estimate of drug-likeness (QED) is 0.470. The topological polar surface area (TPSA) is 51.7 Å². The molecule has 0 atom stereocenters. The van der Waals surface area contributed by atoms with Gasteiger partial charge in [0, 0.05) is 24.0 Å². The molecule has 1 aliphatic rings. The number of piperidine rings is 1. The molecule has 0 amide bonds. The second-order valence-corrected chi connectivity index (χ2v) is 8.37. The highest BCUT2D eigenvalue weighted by atomic mass is 19.1. The molecule has 4 rings (SSSR count). The summed E-state index contributed by atoms with van der Waals surface area (Å²) < 4.78 is 25.3. The van der Waals surface area contributed by atoms with Crippen molar-refractivity contribution in [2.45, 2.75) is 39.7 Å². The Morgan fingerprint density at radius 2 is 1.94 bits per heavy atom. The van der Waals surface area contributed by atoms with Crippen LogP contribution in [0.2, 0.25) is 0 Å². The second kappa shape index (κ2) is 9.55. The number of para-hydroxylation sites is 1. The maximum atomic E-state index is 14.6. The van der Waals surface area contributed by atoms with Crippen LogP contribution < -0.4 is 9.64 Å². The monoisotopic (exact) mass is 436 g/mol. The van der Waals surface area contributed by atoms with E-state index in [1.165, 1.54) is 6.07 Å². The SMILES string of the molecule is CCOC(=O)C1CCN(c2ccc3cccc(-c4ccc(OC(C)C)c(F)c4)c3n2)CC1. The zero-order valence-electron chi connectivity index (χ0n) is 18.8. The number of esters is 1. The van der Waals surface area contributed by atoms with Crippen molar-refractivity contribution in [3.8, 4) is 16.9 Å². The zero-order chi connectivity index (χ0) is 22.7. The van der Waals surface area contributed by atoms with Gasteiger partial charge in [0.1, 0.15) is 5.82 Å². The van der Waals surface area contributed by atoms with Gasteiger partial charge in [-0.05, 0) is 63.4 Å². The van der Waals surface area contributed by atoms with Gasteiger partial charge in [0.15, 0.2) is 11.6 Å². The van der Waals surface area contributed by atoms with Crippen molar-refractivity contribution in [2.75, 3.05) is 24.6 Å². The van der Waals surface area contributed by atoms with Gasteiger partial charge in [-0.2, -0.15) is 0 Å². The van der Waals surface area contributed by atoms with Gasteiger partial charge in [-0.15, -0.1) is 0 Å². The van der Waals surface area contributed by atoms with Crippen LogP contribution in [0.1, 0.15) is 33.6 Å². The zero-order valence-corrected chi connectivity index (χ0v) is 18.8. The molecular weight excluding hydrogens is 407 g/mol. The summed E-state index contributed by atoms with van der Waals surface area (Å²) >= 11 is 0. The number of nitrogens with zero attached hydrogens (tertiary/aromatic N) is 2. The predicted octanol–water partition coefficient (Wildman–Crippen LogP) is 5.61. The van der Waals surface area contributed by atoms with E-state index in [-0.39, 0.29) is 29.6 Å². The molecule has 0 unspecified atom stereocenters.